The van der Waals surface area contributed by atoms with Gasteiger partial charge < -0.3 is 10.1 Å². The van der Waals surface area contributed by atoms with Crippen molar-refractivity contribution in [1.29, 1.82) is 0 Å². The van der Waals surface area contributed by atoms with E-state index >= 15 is 0 Å². The molecule has 0 spiro atoms. The van der Waals surface area contributed by atoms with E-state index in [1.807, 2.05) is 0 Å². The maximum atomic E-state index is 12.4. The van der Waals surface area contributed by atoms with Gasteiger partial charge in [0.15, 0.2) is 5.16 Å². The molecule has 2 N–H and O–H groups in total. The van der Waals surface area contributed by atoms with Crippen molar-refractivity contribution in [3.05, 3.63) is 10.5 Å². The summed E-state index contributed by atoms with van der Waals surface area (Å²) in [5.41, 5.74) is 0.117. The topological polar surface area (TPSA) is 89.0 Å². The monoisotopic (exact) mass is 394 g/mol. The van der Waals surface area contributed by atoms with Crippen LogP contribution in [-0.2, 0) is 16.1 Å². The Balaban J connectivity index is 1.27. The Labute approximate surface area is 164 Å². The van der Waals surface area contributed by atoms with Crippen molar-refractivity contribution in [2.75, 3.05) is 26.0 Å². The number of rotatable bonds is 9. The number of nitrogens with one attached hydrogen (secondary N) is 2. The smallest absolute Gasteiger partial charge is 0.343 e. The normalized spacial score (nSPS) is 31.4. The summed E-state index contributed by atoms with van der Waals surface area (Å²) in [6, 6.07) is 0. The Morgan fingerprint density at radius 2 is 1.96 bits per heavy atom. The fraction of sp³-hybridized carbons (Fsp3) is 0.842. The van der Waals surface area contributed by atoms with E-state index in [0.717, 1.165) is 30.7 Å². The van der Waals surface area contributed by atoms with Crippen LogP contribution in [0.15, 0.2) is 9.95 Å². The summed E-state index contributed by atoms with van der Waals surface area (Å²) >= 11 is 1.32. The number of ether oxygens (including phenoxy) is 1. The van der Waals surface area contributed by atoms with Gasteiger partial charge in [0, 0.05) is 26.8 Å². The summed E-state index contributed by atoms with van der Waals surface area (Å²) in [4.78, 5) is 24.3. The van der Waals surface area contributed by atoms with Crippen molar-refractivity contribution < 1.29 is 9.53 Å². The molecule has 0 unspecified atom stereocenters. The highest BCUT2D eigenvalue weighted by atomic mass is 32.2. The number of amides is 1. The average Bonchev–Trinajstić information content (AvgIpc) is 2.97. The van der Waals surface area contributed by atoms with Gasteiger partial charge in [-0.25, -0.2) is 9.89 Å². The second kappa shape index (κ2) is 7.99. The fourth-order valence-electron chi connectivity index (χ4n) is 5.95. The first kappa shape index (κ1) is 19.1. The van der Waals surface area contributed by atoms with Gasteiger partial charge in [0.2, 0.25) is 5.91 Å². The number of hydrogen-bond donors (Lipinski definition) is 2. The lowest BCUT2D eigenvalue weighted by Gasteiger charge is -2.56. The van der Waals surface area contributed by atoms with E-state index < -0.39 is 0 Å². The van der Waals surface area contributed by atoms with E-state index in [9.17, 15) is 9.59 Å². The molecule has 4 saturated carbocycles. The second-order valence-corrected chi connectivity index (χ2v) is 9.73. The molecule has 1 aromatic rings. The number of H-pyrrole nitrogens is 1. The van der Waals surface area contributed by atoms with E-state index in [1.165, 1.54) is 50.3 Å². The summed E-state index contributed by atoms with van der Waals surface area (Å²) in [6.45, 7) is 1.95. The van der Waals surface area contributed by atoms with Gasteiger partial charge >= 0.3 is 5.69 Å². The highest BCUT2D eigenvalue weighted by Crippen LogP contribution is 2.59. The van der Waals surface area contributed by atoms with Crippen LogP contribution in [0.3, 0.4) is 0 Å². The quantitative estimate of drug-likeness (QED) is 0.494. The zero-order chi connectivity index (χ0) is 18.9. The molecule has 0 aromatic carbocycles. The van der Waals surface area contributed by atoms with Gasteiger partial charge in [0.25, 0.3) is 0 Å². The maximum Gasteiger partial charge on any atom is 0.343 e. The van der Waals surface area contributed by atoms with E-state index in [4.69, 9.17) is 4.74 Å². The first-order valence-electron chi connectivity index (χ1n) is 10.1. The molecule has 0 saturated heterocycles. The lowest BCUT2D eigenvalue weighted by Crippen LogP contribution is -2.51. The number of hydrogen-bond acceptors (Lipinski definition) is 5. The number of thioether (sulfide) groups is 1. The lowest BCUT2D eigenvalue weighted by molar-refractivity contribution is -0.120. The summed E-state index contributed by atoms with van der Waals surface area (Å²) in [5.74, 6) is 3.02. The average molecular weight is 395 g/mol. The minimum absolute atomic E-state index is 0.0367. The molecule has 7 nitrogen and oxygen atoms in total. The molecule has 4 fully saturated rings. The predicted octanol–water partition coefficient (Wildman–Crippen LogP) is 2.03. The standard InChI is InChI=1S/C19H30N4O3S/c1-26-4-2-3-23-17(25)21-22-18(23)27-11-16(24)20-12-19-8-13-5-14(9-19)7-15(6-13)10-19/h13-15H,2-12H2,1H3,(H,20,24)(H,21,25). The zero-order valence-electron chi connectivity index (χ0n) is 16.0. The van der Waals surface area contributed by atoms with Crippen molar-refractivity contribution in [3.63, 3.8) is 0 Å². The summed E-state index contributed by atoms with van der Waals surface area (Å²) < 4.78 is 6.61. The first-order chi connectivity index (χ1) is 13.1. The van der Waals surface area contributed by atoms with Crippen LogP contribution in [-0.4, -0.2) is 46.7 Å². The third-order valence-corrected chi connectivity index (χ3v) is 7.59. The van der Waals surface area contributed by atoms with Gasteiger partial charge in [-0.2, -0.15) is 0 Å². The third-order valence-electron chi connectivity index (χ3n) is 6.61. The summed E-state index contributed by atoms with van der Waals surface area (Å²) in [7, 11) is 1.64. The molecule has 27 heavy (non-hydrogen) atoms. The molecule has 150 valence electrons. The molecular weight excluding hydrogens is 364 g/mol. The fourth-order valence-corrected chi connectivity index (χ4v) is 6.75. The van der Waals surface area contributed by atoms with Crippen molar-refractivity contribution in [1.82, 2.24) is 20.1 Å². The molecule has 8 heteroatoms. The summed E-state index contributed by atoms with van der Waals surface area (Å²) in [5, 5.41) is 10.3. The van der Waals surface area contributed by atoms with Crippen LogP contribution in [0.5, 0.6) is 0 Å². The van der Waals surface area contributed by atoms with Gasteiger partial charge in [-0.3, -0.25) is 9.36 Å². The van der Waals surface area contributed by atoms with Gasteiger partial charge in [-0.05, 0) is 68.1 Å². The maximum absolute atomic E-state index is 12.4. The molecule has 1 amide bonds. The highest BCUT2D eigenvalue weighted by Gasteiger charge is 2.50. The van der Waals surface area contributed by atoms with Crippen molar-refractivity contribution >= 4 is 17.7 Å². The minimum atomic E-state index is -0.234. The number of carbonyl (C=O) groups excluding carboxylic acids is 1. The van der Waals surface area contributed by atoms with Crippen molar-refractivity contribution in [3.8, 4) is 0 Å². The molecule has 4 aliphatic carbocycles. The summed E-state index contributed by atoms with van der Waals surface area (Å²) in [6.07, 6.45) is 8.89. The number of carbonyl (C=O) groups is 1. The molecule has 1 aromatic heterocycles. The largest absolute Gasteiger partial charge is 0.385 e. The van der Waals surface area contributed by atoms with Gasteiger partial charge in [0.1, 0.15) is 0 Å². The molecule has 0 aliphatic heterocycles. The van der Waals surface area contributed by atoms with E-state index in [-0.39, 0.29) is 11.6 Å². The highest BCUT2D eigenvalue weighted by molar-refractivity contribution is 7.99. The zero-order valence-corrected chi connectivity index (χ0v) is 16.9. The van der Waals surface area contributed by atoms with Gasteiger partial charge in [-0.1, -0.05) is 11.8 Å². The van der Waals surface area contributed by atoms with Crippen LogP contribution in [0.4, 0.5) is 0 Å². The lowest BCUT2D eigenvalue weighted by atomic mass is 9.49. The Morgan fingerprint density at radius 1 is 1.30 bits per heavy atom. The van der Waals surface area contributed by atoms with Crippen LogP contribution in [0.1, 0.15) is 44.9 Å². The Hall–Kier alpha value is -1.28. The molecule has 0 atom stereocenters. The van der Waals surface area contributed by atoms with Crippen LogP contribution in [0.2, 0.25) is 0 Å². The molecule has 4 aliphatic rings. The van der Waals surface area contributed by atoms with E-state index in [0.29, 0.717) is 29.5 Å². The SMILES string of the molecule is COCCCn1c(SCC(=O)NCC23CC4CC(CC(C4)C2)C3)n[nH]c1=O. The molecule has 1 heterocycles. The molecule has 0 radical (unpaired) electrons. The molecule has 5 rings (SSSR count). The first-order valence-corrected chi connectivity index (χ1v) is 11.1. The second-order valence-electron chi connectivity index (χ2n) is 8.79. The number of aromatic nitrogens is 3. The predicted molar refractivity (Wildman–Crippen MR) is 104 cm³/mol. The van der Waals surface area contributed by atoms with Crippen molar-refractivity contribution in [2.45, 2.75) is 56.6 Å². The Kier molecular flexibility index (Phi) is 5.64. The molecule has 4 bridgehead atoms. The van der Waals surface area contributed by atoms with E-state index in [2.05, 4.69) is 15.5 Å². The number of aromatic amines is 1. The minimum Gasteiger partial charge on any atom is -0.385 e. The number of nitrogens with zero attached hydrogens (tertiary/aromatic N) is 2. The van der Waals surface area contributed by atoms with Crippen LogP contribution in [0, 0.1) is 23.2 Å². The van der Waals surface area contributed by atoms with Gasteiger partial charge in [0.05, 0.1) is 5.75 Å². The van der Waals surface area contributed by atoms with Crippen LogP contribution >= 0.6 is 11.8 Å². The Bertz CT molecular complexity index is 693. The van der Waals surface area contributed by atoms with Crippen molar-refractivity contribution in [2.24, 2.45) is 23.2 Å². The van der Waals surface area contributed by atoms with Gasteiger partial charge in [-0.15, -0.1) is 5.10 Å². The molecular formula is C19H30N4O3S. The third kappa shape index (κ3) is 4.26. The van der Waals surface area contributed by atoms with Crippen LogP contribution < -0.4 is 11.0 Å². The van der Waals surface area contributed by atoms with E-state index in [1.54, 1.807) is 11.7 Å². The number of methoxy groups -OCH3 is 1. The Morgan fingerprint density at radius 3 is 2.59 bits per heavy atom. The van der Waals surface area contributed by atoms with Crippen LogP contribution in [0.25, 0.3) is 0 Å².